The van der Waals surface area contributed by atoms with Crippen LogP contribution in [0, 0.1) is 0 Å². The summed E-state index contributed by atoms with van der Waals surface area (Å²) in [6.07, 6.45) is 0.862. The molecule has 0 aromatic carbocycles. The van der Waals surface area contributed by atoms with Crippen molar-refractivity contribution in [1.29, 1.82) is 0 Å². The first-order chi connectivity index (χ1) is 6.47. The van der Waals surface area contributed by atoms with Crippen molar-refractivity contribution in [2.45, 2.75) is 12.5 Å². The van der Waals surface area contributed by atoms with Crippen LogP contribution in [0.5, 0.6) is 0 Å². The quantitative estimate of drug-likeness (QED) is 0.413. The zero-order valence-electron chi connectivity index (χ0n) is 7.62. The summed E-state index contributed by atoms with van der Waals surface area (Å²) in [7, 11) is -3.78. The molecule has 0 radical (unpaired) electrons. The van der Waals surface area contributed by atoms with Crippen LogP contribution in [0.2, 0.25) is 0 Å². The number of amides is 1. The molecule has 0 saturated carbocycles. The van der Waals surface area contributed by atoms with E-state index >= 15 is 0 Å². The van der Waals surface area contributed by atoms with Crippen molar-refractivity contribution in [3.63, 3.8) is 0 Å². The molecule has 1 rings (SSSR count). The smallest absolute Gasteiger partial charge is 0.274 e. The molecule has 0 aromatic heterocycles. The third kappa shape index (κ3) is 4.51. The number of nitrogens with one attached hydrogen (secondary N) is 3. The molecule has 0 aliphatic carbocycles. The molecule has 0 unspecified atom stereocenters. The first-order valence-corrected chi connectivity index (χ1v) is 5.79. The fourth-order valence-electron chi connectivity index (χ4n) is 1.22. The maximum atomic E-state index is 11.1. The van der Waals surface area contributed by atoms with Gasteiger partial charge in [-0.05, 0) is 13.0 Å². The molecular weight excluding hydrogens is 208 g/mol. The average molecular weight is 222 g/mol. The van der Waals surface area contributed by atoms with Gasteiger partial charge in [0.2, 0.25) is 5.91 Å². The highest BCUT2D eigenvalue weighted by Crippen LogP contribution is 1.95. The standard InChI is InChI=1S/C6H14N4O3S/c7-14(12,13)9-4-6(11)10-5-1-2-8-3-5/h5,8-9H,1-4H2,(H,10,11)(H2,7,12,13)/t5-/m0/s1. The zero-order chi connectivity index (χ0) is 10.6. The molecule has 1 amide bonds. The summed E-state index contributed by atoms with van der Waals surface area (Å²) in [5, 5.41) is 10.4. The molecule has 5 N–H and O–H groups in total. The van der Waals surface area contributed by atoms with Crippen LogP contribution in [-0.2, 0) is 15.0 Å². The van der Waals surface area contributed by atoms with Crippen LogP contribution in [0.25, 0.3) is 0 Å². The Morgan fingerprint density at radius 3 is 2.79 bits per heavy atom. The van der Waals surface area contributed by atoms with Gasteiger partial charge in [0, 0.05) is 12.6 Å². The van der Waals surface area contributed by atoms with E-state index in [1.165, 1.54) is 0 Å². The molecule has 8 heteroatoms. The molecule has 1 aliphatic heterocycles. The van der Waals surface area contributed by atoms with Gasteiger partial charge < -0.3 is 10.6 Å². The maximum absolute atomic E-state index is 11.1. The number of carbonyl (C=O) groups excluding carboxylic acids is 1. The molecule has 1 aliphatic rings. The van der Waals surface area contributed by atoms with Gasteiger partial charge in [-0.3, -0.25) is 4.79 Å². The van der Waals surface area contributed by atoms with E-state index in [0.29, 0.717) is 0 Å². The normalized spacial score (nSPS) is 22.2. The number of rotatable bonds is 4. The number of hydrogen-bond donors (Lipinski definition) is 4. The summed E-state index contributed by atoms with van der Waals surface area (Å²) in [6.45, 7) is 1.28. The summed E-state index contributed by atoms with van der Waals surface area (Å²) in [5.41, 5.74) is 0. The van der Waals surface area contributed by atoms with Gasteiger partial charge in [0.1, 0.15) is 0 Å². The van der Waals surface area contributed by atoms with E-state index in [1.54, 1.807) is 0 Å². The van der Waals surface area contributed by atoms with Gasteiger partial charge in [0.05, 0.1) is 6.54 Å². The second-order valence-corrected chi connectivity index (χ2v) is 4.50. The highest BCUT2D eigenvalue weighted by atomic mass is 32.2. The van der Waals surface area contributed by atoms with E-state index in [9.17, 15) is 13.2 Å². The lowest BCUT2D eigenvalue weighted by atomic mass is 10.2. The summed E-state index contributed by atoms with van der Waals surface area (Å²) in [6, 6.07) is 0.0878. The van der Waals surface area contributed by atoms with Crippen LogP contribution in [0.3, 0.4) is 0 Å². The van der Waals surface area contributed by atoms with Crippen LogP contribution in [0.4, 0.5) is 0 Å². The van der Waals surface area contributed by atoms with Crippen LogP contribution < -0.4 is 20.5 Å². The minimum atomic E-state index is -3.78. The Balaban J connectivity index is 2.22. The number of hydrogen-bond acceptors (Lipinski definition) is 4. The van der Waals surface area contributed by atoms with Crippen LogP contribution in [0.1, 0.15) is 6.42 Å². The zero-order valence-corrected chi connectivity index (χ0v) is 8.43. The molecular formula is C6H14N4O3S. The molecule has 14 heavy (non-hydrogen) atoms. The first-order valence-electron chi connectivity index (χ1n) is 4.25. The van der Waals surface area contributed by atoms with Gasteiger partial charge in [-0.25, -0.2) is 5.14 Å². The van der Waals surface area contributed by atoms with Gasteiger partial charge >= 0.3 is 0 Å². The van der Waals surface area contributed by atoms with E-state index in [-0.39, 0.29) is 18.5 Å². The van der Waals surface area contributed by atoms with Crippen LogP contribution >= 0.6 is 0 Å². The monoisotopic (exact) mass is 222 g/mol. The Kier molecular flexibility index (Phi) is 3.81. The minimum absolute atomic E-state index is 0.0878. The molecule has 0 aromatic rings. The van der Waals surface area contributed by atoms with E-state index in [2.05, 4.69) is 15.8 Å². The predicted octanol–water partition coefficient (Wildman–Crippen LogP) is -2.74. The van der Waals surface area contributed by atoms with Crippen molar-refractivity contribution in [1.82, 2.24) is 15.4 Å². The van der Waals surface area contributed by atoms with E-state index < -0.39 is 10.2 Å². The van der Waals surface area contributed by atoms with Crippen molar-refractivity contribution in [2.75, 3.05) is 19.6 Å². The minimum Gasteiger partial charge on any atom is -0.351 e. The Hall–Kier alpha value is -0.700. The lowest BCUT2D eigenvalue weighted by Gasteiger charge is -2.10. The number of nitrogens with two attached hydrogens (primary N) is 1. The largest absolute Gasteiger partial charge is 0.351 e. The van der Waals surface area contributed by atoms with E-state index in [0.717, 1.165) is 19.5 Å². The van der Waals surface area contributed by atoms with E-state index in [4.69, 9.17) is 0 Å². The SMILES string of the molecule is NS(=O)(=O)NCC(=O)N[C@H]1CCNC1. The van der Waals surface area contributed by atoms with E-state index in [1.807, 2.05) is 4.72 Å². The maximum Gasteiger partial charge on any atom is 0.274 e. The molecule has 0 bridgehead atoms. The van der Waals surface area contributed by atoms with Crippen molar-refractivity contribution < 1.29 is 13.2 Å². The Bertz CT molecular complexity index is 296. The van der Waals surface area contributed by atoms with Gasteiger partial charge in [-0.1, -0.05) is 0 Å². The second kappa shape index (κ2) is 4.69. The van der Waals surface area contributed by atoms with Gasteiger partial charge in [-0.15, -0.1) is 0 Å². The molecule has 82 valence electrons. The van der Waals surface area contributed by atoms with Gasteiger partial charge in [0.25, 0.3) is 10.2 Å². The lowest BCUT2D eigenvalue weighted by molar-refractivity contribution is -0.120. The third-order valence-corrected chi connectivity index (χ3v) is 2.41. The Morgan fingerprint density at radius 1 is 1.57 bits per heavy atom. The molecule has 0 spiro atoms. The fourth-order valence-corrected chi connectivity index (χ4v) is 1.55. The molecule has 1 heterocycles. The van der Waals surface area contributed by atoms with Crippen LogP contribution in [-0.4, -0.2) is 40.0 Å². The van der Waals surface area contributed by atoms with Crippen molar-refractivity contribution in [3.8, 4) is 0 Å². The van der Waals surface area contributed by atoms with Crippen molar-refractivity contribution in [2.24, 2.45) is 5.14 Å². The Labute approximate surface area is 82.6 Å². The topological polar surface area (TPSA) is 113 Å². The highest BCUT2D eigenvalue weighted by molar-refractivity contribution is 7.87. The van der Waals surface area contributed by atoms with Crippen molar-refractivity contribution >= 4 is 16.1 Å². The first kappa shape index (κ1) is 11.4. The average Bonchev–Trinajstić information content (AvgIpc) is 2.52. The van der Waals surface area contributed by atoms with Gasteiger partial charge in [-0.2, -0.15) is 13.1 Å². The number of carbonyl (C=O) groups is 1. The van der Waals surface area contributed by atoms with Crippen molar-refractivity contribution in [3.05, 3.63) is 0 Å². The Morgan fingerprint density at radius 2 is 2.29 bits per heavy atom. The summed E-state index contributed by atoms with van der Waals surface area (Å²) in [5.74, 6) is -0.368. The summed E-state index contributed by atoms with van der Waals surface area (Å²) in [4.78, 5) is 11.1. The third-order valence-electron chi connectivity index (χ3n) is 1.86. The predicted molar refractivity (Wildman–Crippen MR) is 50.5 cm³/mol. The summed E-state index contributed by atoms with van der Waals surface area (Å²) >= 11 is 0. The van der Waals surface area contributed by atoms with Crippen LogP contribution in [0.15, 0.2) is 0 Å². The molecule has 1 fully saturated rings. The fraction of sp³-hybridized carbons (Fsp3) is 0.833. The lowest BCUT2D eigenvalue weighted by Crippen LogP contribution is -2.44. The highest BCUT2D eigenvalue weighted by Gasteiger charge is 2.16. The molecule has 7 nitrogen and oxygen atoms in total. The molecule has 1 atom stereocenters. The summed E-state index contributed by atoms with van der Waals surface area (Å²) < 4.78 is 22.8. The second-order valence-electron chi connectivity index (χ2n) is 3.12. The van der Waals surface area contributed by atoms with Gasteiger partial charge in [0.15, 0.2) is 0 Å². The molecule has 1 saturated heterocycles.